The minimum Gasteiger partial charge on any atom is -0.494 e. The third kappa shape index (κ3) is 3.33. The summed E-state index contributed by atoms with van der Waals surface area (Å²) in [5.41, 5.74) is 6.36. The molecule has 0 spiro atoms. The Morgan fingerprint density at radius 2 is 2.05 bits per heavy atom. The number of carbonyl (C=O) groups excluding carboxylic acids is 1. The van der Waals surface area contributed by atoms with Gasteiger partial charge in [0, 0.05) is 44.5 Å². The van der Waals surface area contributed by atoms with Crippen LogP contribution in [0.15, 0.2) is 18.5 Å². The highest BCUT2D eigenvalue weighted by molar-refractivity contribution is 5.96. The monoisotopic (exact) mass is 292 g/mol. The summed E-state index contributed by atoms with van der Waals surface area (Å²) in [4.78, 5) is 20.8. The largest absolute Gasteiger partial charge is 0.494 e. The predicted molar refractivity (Wildman–Crippen MR) is 81.4 cm³/mol. The lowest BCUT2D eigenvalue weighted by atomic mass is 10.0. The number of rotatable bonds is 4. The molecule has 1 aliphatic rings. The predicted octanol–water partition coefficient (Wildman–Crippen LogP) is 0.585. The lowest BCUT2D eigenvalue weighted by Crippen LogP contribution is -2.58. The number of nitrogens with zero attached hydrogens (tertiary/aromatic N) is 3. The van der Waals surface area contributed by atoms with Crippen molar-refractivity contribution >= 4 is 5.91 Å². The zero-order valence-corrected chi connectivity index (χ0v) is 13.0. The maximum Gasteiger partial charge on any atom is 0.257 e. The molecular weight excluding hydrogens is 268 g/mol. The van der Waals surface area contributed by atoms with Gasteiger partial charge in [-0.05, 0) is 19.9 Å². The fourth-order valence-electron chi connectivity index (χ4n) is 2.53. The lowest BCUT2D eigenvalue weighted by Gasteiger charge is -2.43. The molecule has 6 heteroatoms. The van der Waals surface area contributed by atoms with Crippen molar-refractivity contribution in [2.75, 3.05) is 39.8 Å². The zero-order chi connectivity index (χ0) is 15.5. The maximum atomic E-state index is 12.6. The molecule has 0 bridgehead atoms. The molecule has 0 unspecified atom stereocenters. The van der Waals surface area contributed by atoms with Crippen LogP contribution in [-0.2, 0) is 0 Å². The Balaban J connectivity index is 2.04. The number of aromatic nitrogens is 1. The Morgan fingerprint density at radius 3 is 2.62 bits per heavy atom. The topological polar surface area (TPSA) is 71.7 Å². The average molecular weight is 292 g/mol. The Kier molecular flexibility index (Phi) is 4.80. The van der Waals surface area contributed by atoms with Gasteiger partial charge in [-0.2, -0.15) is 0 Å². The smallest absolute Gasteiger partial charge is 0.257 e. The number of ether oxygens (including phenoxy) is 1. The Labute approximate surface area is 125 Å². The number of methoxy groups -OCH3 is 1. The minimum absolute atomic E-state index is 0.000505. The quantitative estimate of drug-likeness (QED) is 0.879. The molecule has 0 saturated carbocycles. The van der Waals surface area contributed by atoms with Crippen molar-refractivity contribution in [1.82, 2.24) is 14.8 Å². The molecule has 116 valence electrons. The molecule has 1 aromatic heterocycles. The van der Waals surface area contributed by atoms with Crippen molar-refractivity contribution in [3.8, 4) is 5.75 Å². The summed E-state index contributed by atoms with van der Waals surface area (Å²) in [6, 6.07) is 1.71. The van der Waals surface area contributed by atoms with Crippen LogP contribution >= 0.6 is 0 Å². The van der Waals surface area contributed by atoms with E-state index in [1.54, 1.807) is 25.6 Å². The fraction of sp³-hybridized carbons (Fsp3) is 0.600. The molecule has 0 aromatic carbocycles. The van der Waals surface area contributed by atoms with Crippen molar-refractivity contribution in [3.05, 3.63) is 24.0 Å². The van der Waals surface area contributed by atoms with Gasteiger partial charge in [-0.1, -0.05) is 0 Å². The standard InChI is InChI=1S/C15H24N4O2/c1-15(2,11-16)19-8-6-18(7-9-19)14(20)12-4-5-17-10-13(12)21-3/h4-5,10H,6-9,11,16H2,1-3H3. The van der Waals surface area contributed by atoms with Crippen molar-refractivity contribution in [3.63, 3.8) is 0 Å². The summed E-state index contributed by atoms with van der Waals surface area (Å²) in [6.07, 6.45) is 3.19. The van der Waals surface area contributed by atoms with Crippen LogP contribution in [0.2, 0.25) is 0 Å². The maximum absolute atomic E-state index is 12.6. The molecule has 2 rings (SSSR count). The van der Waals surface area contributed by atoms with E-state index >= 15 is 0 Å². The van der Waals surface area contributed by atoms with Gasteiger partial charge in [-0.3, -0.25) is 14.7 Å². The number of hydrogen-bond acceptors (Lipinski definition) is 5. The van der Waals surface area contributed by atoms with E-state index in [9.17, 15) is 4.79 Å². The number of carbonyl (C=O) groups is 1. The second-order valence-corrected chi connectivity index (χ2v) is 5.87. The molecule has 1 saturated heterocycles. The molecule has 2 N–H and O–H groups in total. The molecule has 0 radical (unpaired) electrons. The summed E-state index contributed by atoms with van der Waals surface area (Å²) >= 11 is 0. The Morgan fingerprint density at radius 1 is 1.38 bits per heavy atom. The van der Waals surface area contributed by atoms with Gasteiger partial charge in [0.2, 0.25) is 0 Å². The van der Waals surface area contributed by atoms with Gasteiger partial charge >= 0.3 is 0 Å². The highest BCUT2D eigenvalue weighted by Gasteiger charge is 2.31. The van der Waals surface area contributed by atoms with E-state index in [1.165, 1.54) is 0 Å². The van der Waals surface area contributed by atoms with E-state index < -0.39 is 0 Å². The first-order chi connectivity index (χ1) is 9.99. The van der Waals surface area contributed by atoms with E-state index in [1.807, 2.05) is 4.90 Å². The number of piperazine rings is 1. The van der Waals surface area contributed by atoms with Crippen molar-refractivity contribution in [2.45, 2.75) is 19.4 Å². The highest BCUT2D eigenvalue weighted by Crippen LogP contribution is 2.21. The number of hydrogen-bond donors (Lipinski definition) is 1. The molecule has 0 atom stereocenters. The summed E-state index contributed by atoms with van der Waals surface area (Å²) in [7, 11) is 1.55. The average Bonchev–Trinajstić information content (AvgIpc) is 2.54. The van der Waals surface area contributed by atoms with Gasteiger partial charge in [-0.25, -0.2) is 0 Å². The van der Waals surface area contributed by atoms with E-state index in [2.05, 4.69) is 23.7 Å². The second kappa shape index (κ2) is 6.41. The van der Waals surface area contributed by atoms with Gasteiger partial charge in [0.05, 0.1) is 18.9 Å². The second-order valence-electron chi connectivity index (χ2n) is 5.87. The molecule has 1 fully saturated rings. The van der Waals surface area contributed by atoms with Crippen LogP contribution in [0.25, 0.3) is 0 Å². The summed E-state index contributed by atoms with van der Waals surface area (Å²) in [6.45, 7) is 7.96. The van der Waals surface area contributed by atoms with E-state index in [0.29, 0.717) is 30.9 Å². The van der Waals surface area contributed by atoms with Crippen LogP contribution in [0, 0.1) is 0 Å². The SMILES string of the molecule is COc1cnccc1C(=O)N1CCN(C(C)(C)CN)CC1. The van der Waals surface area contributed by atoms with Crippen molar-refractivity contribution in [2.24, 2.45) is 5.73 Å². The third-order valence-electron chi connectivity index (χ3n) is 4.16. The van der Waals surface area contributed by atoms with Gasteiger partial charge in [0.25, 0.3) is 5.91 Å². The number of pyridine rings is 1. The molecule has 21 heavy (non-hydrogen) atoms. The lowest BCUT2D eigenvalue weighted by molar-refractivity contribution is 0.0424. The van der Waals surface area contributed by atoms with Crippen molar-refractivity contribution < 1.29 is 9.53 Å². The highest BCUT2D eigenvalue weighted by atomic mass is 16.5. The zero-order valence-electron chi connectivity index (χ0n) is 13.0. The first-order valence-electron chi connectivity index (χ1n) is 7.22. The van der Waals surface area contributed by atoms with E-state index in [-0.39, 0.29) is 11.4 Å². The summed E-state index contributed by atoms with van der Waals surface area (Å²) in [5.74, 6) is 0.520. The van der Waals surface area contributed by atoms with Gasteiger partial charge in [0.15, 0.2) is 0 Å². The van der Waals surface area contributed by atoms with Crippen LogP contribution < -0.4 is 10.5 Å². The summed E-state index contributed by atoms with van der Waals surface area (Å²) in [5, 5.41) is 0. The van der Waals surface area contributed by atoms with Crippen LogP contribution in [0.1, 0.15) is 24.2 Å². The van der Waals surface area contributed by atoms with Crippen LogP contribution in [0.5, 0.6) is 5.75 Å². The molecule has 6 nitrogen and oxygen atoms in total. The number of nitrogens with two attached hydrogens (primary N) is 1. The third-order valence-corrected chi connectivity index (χ3v) is 4.16. The van der Waals surface area contributed by atoms with Crippen molar-refractivity contribution in [1.29, 1.82) is 0 Å². The Bertz CT molecular complexity index is 496. The molecule has 0 aliphatic carbocycles. The van der Waals surface area contributed by atoms with E-state index in [4.69, 9.17) is 10.5 Å². The van der Waals surface area contributed by atoms with Crippen LogP contribution in [0.4, 0.5) is 0 Å². The molecule has 1 aromatic rings. The first kappa shape index (κ1) is 15.7. The van der Waals surface area contributed by atoms with Gasteiger partial charge in [-0.15, -0.1) is 0 Å². The molecule has 1 aliphatic heterocycles. The minimum atomic E-state index is -0.0243. The van der Waals surface area contributed by atoms with E-state index in [0.717, 1.165) is 13.1 Å². The first-order valence-corrected chi connectivity index (χ1v) is 7.22. The van der Waals surface area contributed by atoms with Crippen LogP contribution in [0.3, 0.4) is 0 Å². The number of amides is 1. The molecule has 1 amide bonds. The molecule has 2 heterocycles. The normalized spacial score (nSPS) is 16.9. The van der Waals surface area contributed by atoms with Gasteiger partial charge < -0.3 is 15.4 Å². The van der Waals surface area contributed by atoms with Gasteiger partial charge in [0.1, 0.15) is 5.75 Å². The fourth-order valence-corrected chi connectivity index (χ4v) is 2.53. The summed E-state index contributed by atoms with van der Waals surface area (Å²) < 4.78 is 5.21. The Hall–Kier alpha value is -1.66. The molecular formula is C15H24N4O2. The van der Waals surface area contributed by atoms with Crippen LogP contribution in [-0.4, -0.2) is 66.1 Å².